The lowest BCUT2D eigenvalue weighted by atomic mass is 10.2. The van der Waals surface area contributed by atoms with E-state index in [1.54, 1.807) is 12.1 Å². The molecule has 0 radical (unpaired) electrons. The Morgan fingerprint density at radius 3 is 2.85 bits per heavy atom. The van der Waals surface area contributed by atoms with Crippen molar-refractivity contribution >= 4 is 33.4 Å². The van der Waals surface area contributed by atoms with Crippen LogP contribution in [0.25, 0.3) is 0 Å². The lowest BCUT2D eigenvalue weighted by Crippen LogP contribution is -2.32. The number of carbonyl (C=O) groups excluding carboxylic acids is 2. The van der Waals surface area contributed by atoms with E-state index in [0.717, 1.165) is 25.0 Å². The molecular formula is C19H21BrN2O5. The standard InChI is InChI=1S/C19H21BrN2O5/c1-12-4-5-14(16(9-12)26-11-13-3-2-8-25-13)22-18(23)10-21-19(24)15-6-7-17(20)27-15/h4-7,9,13H,2-3,8,10-11H2,1H3,(H,21,24)(H,22,23). The minimum atomic E-state index is -0.463. The van der Waals surface area contributed by atoms with E-state index in [-0.39, 0.29) is 24.3 Å². The van der Waals surface area contributed by atoms with Crippen LogP contribution in [-0.2, 0) is 9.53 Å². The molecule has 3 rings (SSSR count). The molecule has 1 atom stereocenters. The van der Waals surface area contributed by atoms with Crippen LogP contribution < -0.4 is 15.4 Å². The van der Waals surface area contributed by atoms with Crippen molar-refractivity contribution in [2.45, 2.75) is 25.9 Å². The van der Waals surface area contributed by atoms with E-state index in [4.69, 9.17) is 13.9 Å². The topological polar surface area (TPSA) is 89.8 Å². The maximum absolute atomic E-state index is 12.2. The Balaban J connectivity index is 1.55. The number of amides is 2. The van der Waals surface area contributed by atoms with E-state index in [0.29, 0.717) is 22.7 Å². The third kappa shape index (κ3) is 5.58. The second-order valence-electron chi connectivity index (χ2n) is 6.28. The Morgan fingerprint density at radius 1 is 1.30 bits per heavy atom. The van der Waals surface area contributed by atoms with Gasteiger partial charge in [-0.15, -0.1) is 0 Å². The van der Waals surface area contributed by atoms with E-state index < -0.39 is 5.91 Å². The molecule has 0 aliphatic carbocycles. The zero-order valence-corrected chi connectivity index (χ0v) is 16.5. The summed E-state index contributed by atoms with van der Waals surface area (Å²) >= 11 is 3.13. The number of halogens is 1. The van der Waals surface area contributed by atoms with Crippen molar-refractivity contribution in [3.63, 3.8) is 0 Å². The predicted molar refractivity (Wildman–Crippen MR) is 103 cm³/mol. The van der Waals surface area contributed by atoms with Gasteiger partial charge in [0.25, 0.3) is 5.91 Å². The molecule has 1 aliphatic heterocycles. The lowest BCUT2D eigenvalue weighted by molar-refractivity contribution is -0.115. The number of carbonyl (C=O) groups is 2. The van der Waals surface area contributed by atoms with Gasteiger partial charge in [0.05, 0.1) is 18.3 Å². The van der Waals surface area contributed by atoms with Crippen molar-refractivity contribution in [1.82, 2.24) is 5.32 Å². The van der Waals surface area contributed by atoms with E-state index in [1.165, 1.54) is 6.07 Å². The maximum Gasteiger partial charge on any atom is 0.287 e. The summed E-state index contributed by atoms with van der Waals surface area (Å²) in [7, 11) is 0. The van der Waals surface area contributed by atoms with Crippen molar-refractivity contribution in [3.05, 3.63) is 46.3 Å². The number of benzene rings is 1. The summed E-state index contributed by atoms with van der Waals surface area (Å²) in [5.41, 5.74) is 1.57. The SMILES string of the molecule is Cc1ccc(NC(=O)CNC(=O)c2ccc(Br)o2)c(OCC2CCCO2)c1. The van der Waals surface area contributed by atoms with Crippen LogP contribution in [0.15, 0.2) is 39.4 Å². The second kappa shape index (κ2) is 9.05. The first-order chi connectivity index (χ1) is 13.0. The number of anilines is 1. The highest BCUT2D eigenvalue weighted by atomic mass is 79.9. The van der Waals surface area contributed by atoms with Crippen LogP contribution in [0.4, 0.5) is 5.69 Å². The third-order valence-corrected chi connectivity index (χ3v) is 4.49. The number of ether oxygens (including phenoxy) is 2. The highest BCUT2D eigenvalue weighted by molar-refractivity contribution is 9.10. The minimum Gasteiger partial charge on any atom is -0.489 e. The molecule has 1 fully saturated rings. The van der Waals surface area contributed by atoms with E-state index in [2.05, 4.69) is 26.6 Å². The van der Waals surface area contributed by atoms with Crippen molar-refractivity contribution in [3.8, 4) is 5.75 Å². The summed E-state index contributed by atoms with van der Waals surface area (Å²) in [6.07, 6.45) is 2.10. The first kappa shape index (κ1) is 19.4. The molecule has 144 valence electrons. The molecule has 0 bridgehead atoms. The van der Waals surface area contributed by atoms with E-state index in [1.807, 2.05) is 19.1 Å². The van der Waals surface area contributed by atoms with Gasteiger partial charge in [0, 0.05) is 6.61 Å². The Kier molecular flexibility index (Phi) is 6.52. The normalized spacial score (nSPS) is 16.1. The fourth-order valence-corrected chi connectivity index (χ4v) is 3.00. The van der Waals surface area contributed by atoms with Gasteiger partial charge in [0.1, 0.15) is 12.4 Å². The molecule has 1 aromatic heterocycles. The summed E-state index contributed by atoms with van der Waals surface area (Å²) in [5.74, 6) is -0.111. The quantitative estimate of drug-likeness (QED) is 0.694. The van der Waals surface area contributed by atoms with Crippen LogP contribution in [0.3, 0.4) is 0 Å². The number of rotatable bonds is 7. The number of aryl methyl sites for hydroxylation is 1. The molecule has 1 unspecified atom stereocenters. The predicted octanol–water partition coefficient (Wildman–Crippen LogP) is 3.28. The first-order valence-corrected chi connectivity index (χ1v) is 9.49. The largest absolute Gasteiger partial charge is 0.489 e. The van der Waals surface area contributed by atoms with Crippen molar-refractivity contribution in [1.29, 1.82) is 0 Å². The van der Waals surface area contributed by atoms with Gasteiger partial charge >= 0.3 is 0 Å². The zero-order valence-electron chi connectivity index (χ0n) is 14.9. The van der Waals surface area contributed by atoms with Crippen molar-refractivity contribution in [2.24, 2.45) is 0 Å². The fraction of sp³-hybridized carbons (Fsp3) is 0.368. The van der Waals surface area contributed by atoms with Gasteiger partial charge < -0.3 is 24.5 Å². The average Bonchev–Trinajstić information content (AvgIpc) is 3.31. The average molecular weight is 437 g/mol. The Labute approximate surface area is 165 Å². The molecule has 27 heavy (non-hydrogen) atoms. The van der Waals surface area contributed by atoms with Crippen LogP contribution in [0.1, 0.15) is 29.0 Å². The van der Waals surface area contributed by atoms with E-state index >= 15 is 0 Å². The number of hydrogen-bond acceptors (Lipinski definition) is 5. The van der Waals surface area contributed by atoms with Crippen LogP contribution >= 0.6 is 15.9 Å². The summed E-state index contributed by atoms with van der Waals surface area (Å²) in [5, 5.41) is 5.28. The minimum absolute atomic E-state index is 0.0842. The highest BCUT2D eigenvalue weighted by Crippen LogP contribution is 2.27. The molecule has 0 spiro atoms. The first-order valence-electron chi connectivity index (χ1n) is 8.69. The van der Waals surface area contributed by atoms with Gasteiger partial charge in [-0.25, -0.2) is 0 Å². The van der Waals surface area contributed by atoms with Crippen molar-refractivity contribution in [2.75, 3.05) is 25.1 Å². The van der Waals surface area contributed by atoms with Crippen LogP contribution in [0.2, 0.25) is 0 Å². The number of furan rings is 1. The zero-order chi connectivity index (χ0) is 19.2. The molecule has 2 N–H and O–H groups in total. The Hall–Kier alpha value is -2.32. The van der Waals surface area contributed by atoms with Gasteiger partial charge in [0.2, 0.25) is 5.91 Å². The molecule has 1 aromatic carbocycles. The molecule has 8 heteroatoms. The smallest absolute Gasteiger partial charge is 0.287 e. The van der Waals surface area contributed by atoms with Gasteiger partial charge in [-0.1, -0.05) is 6.07 Å². The third-order valence-electron chi connectivity index (χ3n) is 4.07. The monoisotopic (exact) mass is 436 g/mol. The number of hydrogen-bond donors (Lipinski definition) is 2. The van der Waals surface area contributed by atoms with Crippen LogP contribution in [0, 0.1) is 6.92 Å². The Bertz CT molecular complexity index is 814. The molecular weight excluding hydrogens is 416 g/mol. The molecule has 0 saturated carbocycles. The van der Waals surface area contributed by atoms with Crippen molar-refractivity contribution < 1.29 is 23.5 Å². The summed E-state index contributed by atoms with van der Waals surface area (Å²) in [6, 6.07) is 8.66. The van der Waals surface area contributed by atoms with Crippen LogP contribution in [-0.4, -0.2) is 37.7 Å². The van der Waals surface area contributed by atoms with Gasteiger partial charge in [-0.2, -0.15) is 0 Å². The molecule has 2 amide bonds. The lowest BCUT2D eigenvalue weighted by Gasteiger charge is -2.16. The van der Waals surface area contributed by atoms with Crippen LogP contribution in [0.5, 0.6) is 5.75 Å². The molecule has 2 heterocycles. The number of nitrogens with one attached hydrogen (secondary N) is 2. The van der Waals surface area contributed by atoms with E-state index in [9.17, 15) is 9.59 Å². The molecule has 1 aliphatic rings. The second-order valence-corrected chi connectivity index (χ2v) is 7.06. The highest BCUT2D eigenvalue weighted by Gasteiger charge is 2.18. The fourth-order valence-electron chi connectivity index (χ4n) is 2.69. The Morgan fingerprint density at radius 2 is 2.15 bits per heavy atom. The maximum atomic E-state index is 12.2. The summed E-state index contributed by atoms with van der Waals surface area (Å²) < 4.78 is 17.0. The van der Waals surface area contributed by atoms with Gasteiger partial charge in [-0.3, -0.25) is 9.59 Å². The van der Waals surface area contributed by atoms with Gasteiger partial charge in [-0.05, 0) is 65.5 Å². The van der Waals surface area contributed by atoms with Gasteiger partial charge in [0.15, 0.2) is 10.4 Å². The summed E-state index contributed by atoms with van der Waals surface area (Å²) in [6.45, 7) is 2.97. The molecule has 7 nitrogen and oxygen atoms in total. The molecule has 2 aromatic rings. The molecule has 1 saturated heterocycles. The summed E-state index contributed by atoms with van der Waals surface area (Å²) in [4.78, 5) is 24.1.